The van der Waals surface area contributed by atoms with Gasteiger partial charge in [-0.3, -0.25) is 4.79 Å². The molecule has 0 atom stereocenters. The van der Waals surface area contributed by atoms with Gasteiger partial charge in [-0.1, -0.05) is 0 Å². The van der Waals surface area contributed by atoms with E-state index in [4.69, 9.17) is 5.11 Å². The number of hydrogen-bond acceptors (Lipinski definition) is 5. The third kappa shape index (κ3) is 3.74. The molecule has 2 rings (SSSR count). The van der Waals surface area contributed by atoms with Gasteiger partial charge in [-0.25, -0.2) is 0 Å². The van der Waals surface area contributed by atoms with Gasteiger partial charge in [-0.05, 0) is 38.8 Å². The summed E-state index contributed by atoms with van der Waals surface area (Å²) in [5, 5.41) is 21.9. The Kier molecular flexibility index (Phi) is 4.86. The largest absolute Gasteiger partial charge is 0.395 e. The normalized spacial score (nSPS) is 17.6. The fourth-order valence-electron chi connectivity index (χ4n) is 2.38. The van der Waals surface area contributed by atoms with Gasteiger partial charge in [0.2, 0.25) is 0 Å². The molecule has 1 fully saturated rings. The summed E-state index contributed by atoms with van der Waals surface area (Å²) in [7, 11) is 0. The molecule has 106 valence electrons. The average molecular weight is 267 g/mol. The van der Waals surface area contributed by atoms with E-state index < -0.39 is 0 Å². The number of aliphatic hydroxyl groups excluding tert-OH is 1. The first kappa shape index (κ1) is 14.0. The van der Waals surface area contributed by atoms with Gasteiger partial charge >= 0.3 is 0 Å². The lowest BCUT2D eigenvalue weighted by molar-refractivity contribution is 0.0927. The maximum absolute atomic E-state index is 11.9. The van der Waals surface area contributed by atoms with E-state index in [1.807, 2.05) is 0 Å². The van der Waals surface area contributed by atoms with E-state index in [2.05, 4.69) is 25.6 Å². The number of aromatic nitrogens is 3. The number of aromatic amines is 1. The minimum atomic E-state index is -0.163. The number of likely N-dealkylation sites (tertiary alicyclic amines) is 1. The highest BCUT2D eigenvalue weighted by atomic mass is 16.3. The molecule has 3 N–H and O–H groups in total. The first-order valence-electron chi connectivity index (χ1n) is 6.69. The van der Waals surface area contributed by atoms with Gasteiger partial charge in [-0.15, -0.1) is 0 Å². The molecule has 1 aromatic heterocycles. The van der Waals surface area contributed by atoms with Crippen molar-refractivity contribution >= 4 is 5.91 Å². The zero-order valence-corrected chi connectivity index (χ0v) is 11.2. The smallest absolute Gasteiger partial charge is 0.273 e. The third-order valence-corrected chi connectivity index (χ3v) is 3.61. The number of carbonyl (C=O) groups excluding carboxylic acids is 1. The van der Waals surface area contributed by atoms with Crippen molar-refractivity contribution in [3.05, 3.63) is 11.4 Å². The highest BCUT2D eigenvalue weighted by Gasteiger charge is 2.20. The molecule has 2 heterocycles. The lowest BCUT2D eigenvalue weighted by Crippen LogP contribution is -2.39. The second-order valence-corrected chi connectivity index (χ2v) is 4.98. The highest BCUT2D eigenvalue weighted by Crippen LogP contribution is 2.16. The van der Waals surface area contributed by atoms with Crippen LogP contribution < -0.4 is 5.32 Å². The van der Waals surface area contributed by atoms with Crippen LogP contribution in [0.4, 0.5) is 0 Å². The number of nitrogens with one attached hydrogen (secondary N) is 2. The molecule has 1 aliphatic heterocycles. The Bertz CT molecular complexity index is 412. The maximum atomic E-state index is 11.9. The number of nitrogens with zero attached hydrogens (tertiary/aromatic N) is 3. The topological polar surface area (TPSA) is 94.1 Å². The Morgan fingerprint density at radius 1 is 1.47 bits per heavy atom. The molecule has 1 aromatic rings. The van der Waals surface area contributed by atoms with Gasteiger partial charge in [0.15, 0.2) is 5.69 Å². The number of rotatable bonds is 5. The quantitative estimate of drug-likeness (QED) is 0.671. The number of β-amino-alcohol motifs (C(OH)–C–C–N with tert-alkyl or cyclic N) is 1. The van der Waals surface area contributed by atoms with Crippen molar-refractivity contribution in [2.75, 3.05) is 32.8 Å². The molecule has 0 saturated carbocycles. The SMILES string of the molecule is Cc1n[nH]nc1C(=O)NCC1CCN(CCO)CC1. The Morgan fingerprint density at radius 2 is 2.21 bits per heavy atom. The Morgan fingerprint density at radius 3 is 2.79 bits per heavy atom. The van der Waals surface area contributed by atoms with Crippen molar-refractivity contribution in [1.82, 2.24) is 25.6 Å². The molecule has 0 aliphatic carbocycles. The standard InChI is InChI=1S/C12H21N5O2/c1-9-11(15-16-14-9)12(19)13-8-10-2-4-17(5-3-10)6-7-18/h10,18H,2-8H2,1H3,(H,13,19)(H,14,15,16). The van der Waals surface area contributed by atoms with Crippen molar-refractivity contribution in [3.63, 3.8) is 0 Å². The first-order chi connectivity index (χ1) is 9.20. The molecule has 19 heavy (non-hydrogen) atoms. The van der Waals surface area contributed by atoms with Crippen LogP contribution in [0, 0.1) is 12.8 Å². The van der Waals surface area contributed by atoms with E-state index in [0.29, 0.717) is 23.9 Å². The van der Waals surface area contributed by atoms with E-state index in [1.54, 1.807) is 6.92 Å². The second kappa shape index (κ2) is 6.63. The van der Waals surface area contributed by atoms with Gasteiger partial charge < -0.3 is 15.3 Å². The van der Waals surface area contributed by atoms with Gasteiger partial charge in [0.25, 0.3) is 5.91 Å². The summed E-state index contributed by atoms with van der Waals surface area (Å²) in [5.41, 5.74) is 0.994. The summed E-state index contributed by atoms with van der Waals surface area (Å²) in [6, 6.07) is 0. The van der Waals surface area contributed by atoms with Crippen LogP contribution in [0.2, 0.25) is 0 Å². The van der Waals surface area contributed by atoms with Gasteiger partial charge in [0.1, 0.15) is 0 Å². The number of aryl methyl sites for hydroxylation is 1. The zero-order valence-electron chi connectivity index (χ0n) is 11.2. The van der Waals surface area contributed by atoms with Crippen LogP contribution in [-0.4, -0.2) is 64.1 Å². The maximum Gasteiger partial charge on any atom is 0.273 e. The summed E-state index contributed by atoms with van der Waals surface area (Å²) in [6.45, 7) is 5.38. The lowest BCUT2D eigenvalue weighted by atomic mass is 9.97. The molecule has 0 spiro atoms. The molecule has 1 saturated heterocycles. The molecule has 0 bridgehead atoms. The minimum Gasteiger partial charge on any atom is -0.395 e. The van der Waals surface area contributed by atoms with E-state index in [1.165, 1.54) is 0 Å². The zero-order chi connectivity index (χ0) is 13.7. The molecule has 0 unspecified atom stereocenters. The lowest BCUT2D eigenvalue weighted by Gasteiger charge is -2.31. The summed E-state index contributed by atoms with van der Waals surface area (Å²) >= 11 is 0. The summed E-state index contributed by atoms with van der Waals surface area (Å²) < 4.78 is 0. The van der Waals surface area contributed by atoms with Crippen molar-refractivity contribution in [2.45, 2.75) is 19.8 Å². The van der Waals surface area contributed by atoms with Crippen LogP contribution in [0.3, 0.4) is 0 Å². The van der Waals surface area contributed by atoms with Crippen LogP contribution in [-0.2, 0) is 0 Å². The number of amides is 1. The monoisotopic (exact) mass is 267 g/mol. The van der Waals surface area contributed by atoms with Crippen molar-refractivity contribution in [3.8, 4) is 0 Å². The molecular formula is C12H21N5O2. The molecule has 7 nitrogen and oxygen atoms in total. The highest BCUT2D eigenvalue weighted by molar-refractivity contribution is 5.93. The number of hydrogen-bond donors (Lipinski definition) is 3. The van der Waals surface area contributed by atoms with Crippen molar-refractivity contribution in [2.24, 2.45) is 5.92 Å². The number of carbonyl (C=O) groups is 1. The summed E-state index contributed by atoms with van der Waals surface area (Å²) in [5.74, 6) is 0.343. The van der Waals surface area contributed by atoms with E-state index in [-0.39, 0.29) is 12.5 Å². The number of piperidine rings is 1. The molecule has 1 aliphatic rings. The van der Waals surface area contributed by atoms with Gasteiger partial charge in [0, 0.05) is 13.1 Å². The molecule has 0 radical (unpaired) electrons. The van der Waals surface area contributed by atoms with E-state index in [9.17, 15) is 4.79 Å². The van der Waals surface area contributed by atoms with Crippen LogP contribution in [0.15, 0.2) is 0 Å². The molecular weight excluding hydrogens is 246 g/mol. The van der Waals surface area contributed by atoms with E-state index in [0.717, 1.165) is 32.5 Å². The van der Waals surface area contributed by atoms with Gasteiger partial charge in [-0.2, -0.15) is 15.4 Å². The Balaban J connectivity index is 1.72. The predicted molar refractivity (Wildman–Crippen MR) is 69.7 cm³/mol. The number of aliphatic hydroxyl groups is 1. The third-order valence-electron chi connectivity index (χ3n) is 3.61. The number of H-pyrrole nitrogens is 1. The average Bonchev–Trinajstić information content (AvgIpc) is 2.84. The molecule has 0 aromatic carbocycles. The Hall–Kier alpha value is -1.47. The van der Waals surface area contributed by atoms with Crippen LogP contribution in [0.5, 0.6) is 0 Å². The predicted octanol–water partition coefficient (Wildman–Crippen LogP) is -0.453. The van der Waals surface area contributed by atoms with Crippen molar-refractivity contribution < 1.29 is 9.90 Å². The van der Waals surface area contributed by atoms with E-state index >= 15 is 0 Å². The molecule has 1 amide bonds. The first-order valence-corrected chi connectivity index (χ1v) is 6.69. The van der Waals surface area contributed by atoms with Crippen LogP contribution >= 0.6 is 0 Å². The summed E-state index contributed by atoms with van der Waals surface area (Å²) in [6.07, 6.45) is 2.11. The second-order valence-electron chi connectivity index (χ2n) is 4.98. The van der Waals surface area contributed by atoms with Crippen molar-refractivity contribution in [1.29, 1.82) is 0 Å². The minimum absolute atomic E-state index is 0.163. The van der Waals surface area contributed by atoms with Crippen LogP contribution in [0.1, 0.15) is 29.0 Å². The summed E-state index contributed by atoms with van der Waals surface area (Å²) in [4.78, 5) is 14.1. The van der Waals surface area contributed by atoms with Gasteiger partial charge in [0.05, 0.1) is 12.3 Å². The fraction of sp³-hybridized carbons (Fsp3) is 0.750. The Labute approximate surface area is 112 Å². The van der Waals surface area contributed by atoms with Crippen LogP contribution in [0.25, 0.3) is 0 Å². The fourth-order valence-corrected chi connectivity index (χ4v) is 2.38. The molecule has 7 heteroatoms.